The maximum absolute atomic E-state index is 14.3. The van der Waals surface area contributed by atoms with Gasteiger partial charge in [0.25, 0.3) is 17.4 Å². The summed E-state index contributed by atoms with van der Waals surface area (Å²) in [5.74, 6) is -0.622. The second-order valence-electron chi connectivity index (χ2n) is 11.6. The lowest BCUT2D eigenvalue weighted by Crippen LogP contribution is -2.57. The van der Waals surface area contributed by atoms with Crippen LogP contribution in [-0.2, 0) is 10.4 Å². The van der Waals surface area contributed by atoms with Crippen LogP contribution in [0.15, 0.2) is 47.8 Å². The molecule has 2 aliphatic rings. The van der Waals surface area contributed by atoms with Gasteiger partial charge >= 0.3 is 6.18 Å². The van der Waals surface area contributed by atoms with Gasteiger partial charge in [-0.3, -0.25) is 9.59 Å². The first-order valence-electron chi connectivity index (χ1n) is 14.2. The molecule has 0 radical (unpaired) electrons. The van der Waals surface area contributed by atoms with E-state index >= 15 is 0 Å². The molecule has 1 N–H and O–H groups in total. The van der Waals surface area contributed by atoms with Crippen molar-refractivity contribution in [1.29, 1.82) is 0 Å². The van der Waals surface area contributed by atoms with Crippen LogP contribution in [0.2, 0.25) is 5.02 Å². The van der Waals surface area contributed by atoms with Crippen molar-refractivity contribution in [3.63, 3.8) is 0 Å². The van der Waals surface area contributed by atoms with Crippen molar-refractivity contribution >= 4 is 50.5 Å². The highest BCUT2D eigenvalue weighted by Gasteiger charge is 2.63. The van der Waals surface area contributed by atoms with Gasteiger partial charge in [-0.1, -0.05) is 29.8 Å². The van der Waals surface area contributed by atoms with E-state index in [0.717, 1.165) is 49.4 Å². The quantitative estimate of drug-likeness (QED) is 0.339. The first kappa shape index (κ1) is 30.6. The molecule has 11 heteroatoms. The fourth-order valence-electron chi connectivity index (χ4n) is 6.26. The summed E-state index contributed by atoms with van der Waals surface area (Å²) in [5, 5.41) is 12.9. The monoisotopic (exact) mass is 621 g/mol. The van der Waals surface area contributed by atoms with E-state index in [1.165, 1.54) is 21.2 Å². The highest BCUT2D eigenvalue weighted by Crippen LogP contribution is 2.45. The fourth-order valence-corrected chi connectivity index (χ4v) is 7.52. The average molecular weight is 622 g/mol. The second-order valence-corrected chi connectivity index (χ2v) is 12.9. The predicted molar refractivity (Wildman–Crippen MR) is 160 cm³/mol. The first-order valence-corrected chi connectivity index (χ1v) is 15.5. The van der Waals surface area contributed by atoms with Gasteiger partial charge < -0.3 is 19.8 Å². The lowest BCUT2D eigenvalue weighted by Gasteiger charge is -2.40. The van der Waals surface area contributed by atoms with Crippen molar-refractivity contribution in [2.75, 3.05) is 45.2 Å². The maximum atomic E-state index is 14.3. The molecule has 3 aromatic rings. The van der Waals surface area contributed by atoms with Crippen molar-refractivity contribution in [2.24, 2.45) is 11.8 Å². The number of nitrogens with zero attached hydrogens (tertiary/aromatic N) is 3. The number of anilines is 1. The molecular formula is C31H35ClF3N3O3S. The molecule has 0 aliphatic carbocycles. The Morgan fingerprint density at radius 2 is 1.62 bits per heavy atom. The molecule has 6 nitrogen and oxygen atoms in total. The van der Waals surface area contributed by atoms with Crippen molar-refractivity contribution in [3.8, 4) is 0 Å². The minimum atomic E-state index is -5.15. The molecule has 0 spiro atoms. The Morgan fingerprint density at radius 3 is 2.21 bits per heavy atom. The Balaban J connectivity index is 1.16. The minimum Gasteiger partial charge on any atom is -0.371 e. The van der Waals surface area contributed by atoms with Crippen molar-refractivity contribution < 1.29 is 27.9 Å². The van der Waals surface area contributed by atoms with Crippen molar-refractivity contribution in [1.82, 2.24) is 9.80 Å². The minimum absolute atomic E-state index is 0.138. The number of alkyl halides is 3. The lowest BCUT2D eigenvalue weighted by molar-refractivity contribution is -0.261. The number of carbonyl (C=O) groups is 2. The van der Waals surface area contributed by atoms with Gasteiger partial charge in [-0.25, -0.2) is 0 Å². The Bertz CT molecular complexity index is 1450. The molecule has 2 aromatic carbocycles. The third kappa shape index (κ3) is 5.85. The number of fused-ring (bicyclic) bond motifs is 1. The summed E-state index contributed by atoms with van der Waals surface area (Å²) >= 11 is 7.49. The van der Waals surface area contributed by atoms with Crippen molar-refractivity contribution in [3.05, 3.63) is 64.0 Å². The maximum Gasteiger partial charge on any atom is 0.430 e. The topological polar surface area (TPSA) is 64.1 Å². The van der Waals surface area contributed by atoms with E-state index in [2.05, 4.69) is 4.90 Å². The first-order chi connectivity index (χ1) is 19.9. The molecule has 2 amide bonds. The fraction of sp³-hybridized carbons (Fsp3) is 0.484. The van der Waals surface area contributed by atoms with Crippen LogP contribution in [0.5, 0.6) is 0 Å². The Hall–Kier alpha value is -2.82. The number of aliphatic hydroxyl groups is 1. The number of piperidine rings is 2. The molecule has 42 heavy (non-hydrogen) atoms. The molecule has 1 aromatic heterocycles. The Kier molecular flexibility index (Phi) is 8.79. The number of hydrogen-bond acceptors (Lipinski definition) is 5. The van der Waals surface area contributed by atoms with Crippen LogP contribution in [-0.4, -0.2) is 73.2 Å². The largest absolute Gasteiger partial charge is 0.430 e. The molecule has 0 bridgehead atoms. The van der Waals surface area contributed by atoms with Crippen LogP contribution in [0.4, 0.5) is 18.9 Å². The van der Waals surface area contributed by atoms with Crippen molar-refractivity contribution in [2.45, 2.75) is 43.9 Å². The van der Waals surface area contributed by atoms with Gasteiger partial charge in [-0.2, -0.15) is 13.2 Å². The van der Waals surface area contributed by atoms with E-state index < -0.39 is 23.2 Å². The number of rotatable bonds is 6. The highest BCUT2D eigenvalue weighted by molar-refractivity contribution is 7.17. The molecule has 3 heterocycles. The predicted octanol–water partition coefficient (Wildman–Crippen LogP) is 6.55. The van der Waals surface area contributed by atoms with Gasteiger partial charge in [-0.15, -0.1) is 11.3 Å². The van der Waals surface area contributed by atoms with Gasteiger partial charge in [0.1, 0.15) is 0 Å². The summed E-state index contributed by atoms with van der Waals surface area (Å²) in [6.07, 6.45) is -0.998. The summed E-state index contributed by atoms with van der Waals surface area (Å²) in [6.45, 7) is 2.09. The number of thiophene rings is 1. The highest BCUT2D eigenvalue weighted by atomic mass is 35.5. The molecule has 1 atom stereocenters. The van der Waals surface area contributed by atoms with Crippen LogP contribution < -0.4 is 4.90 Å². The summed E-state index contributed by atoms with van der Waals surface area (Å²) in [5.41, 5.74) is -2.51. The summed E-state index contributed by atoms with van der Waals surface area (Å²) in [6, 6.07) is 12.0. The lowest BCUT2D eigenvalue weighted by atomic mass is 9.82. The van der Waals surface area contributed by atoms with E-state index in [9.17, 15) is 27.9 Å². The number of hydrogen-bond donors (Lipinski definition) is 1. The van der Waals surface area contributed by atoms with E-state index in [1.807, 2.05) is 12.1 Å². The number of carbonyl (C=O) groups excluding carboxylic acids is 2. The van der Waals surface area contributed by atoms with Gasteiger partial charge in [0.05, 0.1) is 10.6 Å². The SMILES string of the molecule is CN(C)C(=O)c1ccc(N2CCC(CC3CCN(C(=O)[C@](O)(c4csc5ccccc45)C(F)(F)F)CC3)CC2)cc1Cl. The number of benzene rings is 2. The Labute approximate surface area is 252 Å². The molecule has 0 unspecified atom stereocenters. The molecule has 2 saturated heterocycles. The third-order valence-electron chi connectivity index (χ3n) is 8.73. The summed E-state index contributed by atoms with van der Waals surface area (Å²) in [7, 11) is 3.38. The summed E-state index contributed by atoms with van der Waals surface area (Å²) in [4.78, 5) is 30.5. The normalized spacial score (nSPS) is 18.7. The summed E-state index contributed by atoms with van der Waals surface area (Å²) < 4.78 is 43.6. The van der Waals surface area contributed by atoms with E-state index in [1.54, 1.807) is 38.4 Å². The van der Waals surface area contributed by atoms with Crippen LogP contribution in [0.1, 0.15) is 48.0 Å². The zero-order valence-electron chi connectivity index (χ0n) is 23.7. The standard InChI is InChI=1S/C31H35ClF3N3O3S/c1-36(2)28(39)24-8-7-22(18-26(24)32)37-13-9-20(10-14-37)17-21-11-15-38(16-12-21)29(40)30(41,31(33,34)35)25-19-42-27-6-4-3-5-23(25)27/h3-8,18-21,41H,9-17H2,1-2H3/t30-/m1/s1. The Morgan fingerprint density at radius 1 is 1.00 bits per heavy atom. The van der Waals surface area contributed by atoms with Gasteiger partial charge in [0.15, 0.2) is 0 Å². The van der Waals surface area contributed by atoms with E-state index in [0.29, 0.717) is 40.0 Å². The van der Waals surface area contributed by atoms with Gasteiger partial charge in [0.2, 0.25) is 0 Å². The van der Waals surface area contributed by atoms with Gasteiger partial charge in [-0.05, 0) is 79.0 Å². The number of likely N-dealkylation sites (tertiary alicyclic amines) is 1. The third-order valence-corrected chi connectivity index (χ3v) is 10.0. The molecule has 2 fully saturated rings. The smallest absolute Gasteiger partial charge is 0.371 e. The zero-order chi connectivity index (χ0) is 30.2. The average Bonchev–Trinajstić information content (AvgIpc) is 3.41. The van der Waals surface area contributed by atoms with E-state index in [4.69, 9.17) is 11.6 Å². The van der Waals surface area contributed by atoms with Crippen LogP contribution in [0.25, 0.3) is 10.1 Å². The van der Waals surface area contributed by atoms with Crippen LogP contribution in [0, 0.1) is 11.8 Å². The molecule has 5 rings (SSSR count). The molecular weight excluding hydrogens is 587 g/mol. The molecule has 226 valence electrons. The van der Waals surface area contributed by atoms with Crippen LogP contribution in [0.3, 0.4) is 0 Å². The van der Waals surface area contributed by atoms with E-state index in [-0.39, 0.29) is 24.4 Å². The zero-order valence-corrected chi connectivity index (χ0v) is 25.2. The second kappa shape index (κ2) is 12.1. The molecule has 0 saturated carbocycles. The molecule has 2 aliphatic heterocycles. The number of halogens is 4. The van der Waals surface area contributed by atoms with Crippen LogP contribution >= 0.6 is 22.9 Å². The van der Waals surface area contributed by atoms with Gasteiger partial charge in [0, 0.05) is 56.2 Å². The number of amides is 2.